The summed E-state index contributed by atoms with van der Waals surface area (Å²) < 4.78 is 0. The topological polar surface area (TPSA) is 0 Å². The van der Waals surface area contributed by atoms with E-state index in [1.54, 1.807) is 0 Å². The molecular weight excluding hydrogens is 343 g/mol. The van der Waals surface area contributed by atoms with Crippen LogP contribution in [0.3, 0.4) is 0 Å². The van der Waals surface area contributed by atoms with Crippen LogP contribution in [0.1, 0.15) is 41.5 Å². The van der Waals surface area contributed by atoms with Gasteiger partial charge in [-0.15, -0.1) is 29.7 Å². The Bertz CT molecular complexity index is 602. The molecule has 0 aliphatic heterocycles. The summed E-state index contributed by atoms with van der Waals surface area (Å²) in [6.07, 6.45) is 6.37. The zero-order valence-electron chi connectivity index (χ0n) is 16.3. The van der Waals surface area contributed by atoms with Crippen LogP contribution in [-0.2, 0) is 21.7 Å². The first-order valence-corrected chi connectivity index (χ1v) is 11.2. The van der Waals surface area contributed by atoms with E-state index in [9.17, 15) is 0 Å². The van der Waals surface area contributed by atoms with Crippen molar-refractivity contribution in [2.24, 2.45) is 0 Å². The fraction of sp³-hybridized carbons (Fsp3) is 0.409. The van der Waals surface area contributed by atoms with E-state index in [0.717, 1.165) is 0 Å². The Hall–Kier alpha value is -0.546. The van der Waals surface area contributed by atoms with Crippen molar-refractivity contribution < 1.29 is 21.7 Å². The summed E-state index contributed by atoms with van der Waals surface area (Å²) >= 11 is 0. The molecule has 0 aliphatic carbocycles. The second kappa shape index (κ2) is 11.9. The van der Waals surface area contributed by atoms with Gasteiger partial charge >= 0.3 is 0 Å². The summed E-state index contributed by atoms with van der Waals surface area (Å²) in [5, 5.41) is 2.66. The molecule has 0 aromatic heterocycles. The maximum Gasteiger partial charge on any atom is 0.0616 e. The van der Waals surface area contributed by atoms with E-state index in [2.05, 4.69) is 95.9 Å². The van der Waals surface area contributed by atoms with Gasteiger partial charge in [-0.3, -0.25) is 0 Å². The molecule has 24 heavy (non-hydrogen) atoms. The van der Waals surface area contributed by atoms with E-state index in [4.69, 9.17) is 0 Å². The fourth-order valence-electron chi connectivity index (χ4n) is 2.94. The van der Waals surface area contributed by atoms with Crippen LogP contribution < -0.4 is 0 Å². The summed E-state index contributed by atoms with van der Waals surface area (Å²) in [5.41, 5.74) is 2.86. The molecule has 0 spiro atoms. The average molecular weight is 376 g/mol. The average Bonchev–Trinajstić information content (AvgIpc) is 3.01. The van der Waals surface area contributed by atoms with Gasteiger partial charge in [0.2, 0.25) is 0 Å². The molecule has 0 saturated carbocycles. The third-order valence-electron chi connectivity index (χ3n) is 4.43. The zero-order valence-corrected chi connectivity index (χ0v) is 18.7. The monoisotopic (exact) mass is 376 g/mol. The second-order valence-corrected chi connectivity index (χ2v) is 11.0. The molecule has 0 atom stereocenters. The number of fused-ring (bicyclic) bond motifs is 1. The molecule has 2 aromatic carbocycles. The summed E-state index contributed by atoms with van der Waals surface area (Å²) in [4.78, 5) is 0. The number of allylic oxidation sites excluding steroid dienone is 3. The Balaban J connectivity index is 0.000000452. The van der Waals surface area contributed by atoms with E-state index in [1.807, 2.05) is 0 Å². The molecule has 0 radical (unpaired) electrons. The largest absolute Gasteiger partial charge is 0.168 e. The molecule has 0 N–H and O–H groups in total. The Labute approximate surface area is 165 Å². The second-order valence-electron chi connectivity index (χ2n) is 6.42. The van der Waals surface area contributed by atoms with Gasteiger partial charge in [-0.05, 0) is 47.1 Å². The van der Waals surface area contributed by atoms with Gasteiger partial charge in [-0.1, -0.05) is 17.7 Å². The van der Waals surface area contributed by atoms with E-state index in [-0.39, 0.29) is 21.7 Å². The molecule has 0 aliphatic rings. The molecule has 0 nitrogen and oxygen atoms in total. The van der Waals surface area contributed by atoms with Gasteiger partial charge in [-0.25, -0.2) is 0 Å². The maximum absolute atomic E-state index is 2.57. The molecule has 2 heteroatoms. The van der Waals surface area contributed by atoms with Crippen LogP contribution in [0.4, 0.5) is 0 Å². The van der Waals surface area contributed by atoms with Crippen LogP contribution >= 0.6 is 7.26 Å². The van der Waals surface area contributed by atoms with Gasteiger partial charge in [0.05, 0.1) is 24.3 Å². The van der Waals surface area contributed by atoms with Crippen molar-refractivity contribution in [2.45, 2.75) is 41.5 Å². The first-order valence-electron chi connectivity index (χ1n) is 8.77. The minimum absolute atomic E-state index is 0. The predicted molar refractivity (Wildman–Crippen MR) is 111 cm³/mol. The fourth-order valence-corrected chi connectivity index (χ4v) is 5.77. The molecule has 2 aromatic rings. The molecule has 0 fully saturated rings. The Kier molecular flexibility index (Phi) is 11.6. The minimum Gasteiger partial charge on any atom is -0.168 e. The third-order valence-corrected chi connectivity index (χ3v) is 9.16. The Morgan fingerprint density at radius 2 is 1.54 bits per heavy atom. The Morgan fingerprint density at radius 1 is 0.958 bits per heavy atom. The summed E-state index contributed by atoms with van der Waals surface area (Å²) in [5.74, 6) is 2.57. The van der Waals surface area contributed by atoms with Crippen molar-refractivity contribution in [2.75, 3.05) is 18.5 Å². The number of benzene rings is 1. The normalized spacial score (nSPS) is 11.3. The molecule has 0 heterocycles. The molecule has 0 saturated heterocycles. The van der Waals surface area contributed by atoms with E-state index < -0.39 is 7.26 Å². The molecule has 0 bridgehead atoms. The molecule has 2 rings (SSSR count). The van der Waals surface area contributed by atoms with Crippen LogP contribution in [0.15, 0.2) is 65.5 Å². The summed E-state index contributed by atoms with van der Waals surface area (Å²) in [6, 6.07) is 14.7. The minimum atomic E-state index is -0.758. The SMILES string of the molecule is CC[P+](C=C(C)C=C(C)C)(CC)CC.[Ti].c1ccc2[cH-]ccc2c1. The van der Waals surface area contributed by atoms with Crippen LogP contribution in [0.25, 0.3) is 10.8 Å². The quantitative estimate of drug-likeness (QED) is 0.219. The van der Waals surface area contributed by atoms with Gasteiger partial charge in [0.1, 0.15) is 0 Å². The van der Waals surface area contributed by atoms with Crippen LogP contribution in [0.2, 0.25) is 0 Å². The summed E-state index contributed by atoms with van der Waals surface area (Å²) in [6.45, 7) is 13.6. The maximum atomic E-state index is 2.57. The summed E-state index contributed by atoms with van der Waals surface area (Å²) in [7, 11) is -0.758. The van der Waals surface area contributed by atoms with Crippen LogP contribution in [0, 0.1) is 0 Å². The van der Waals surface area contributed by atoms with Crippen molar-refractivity contribution in [3.05, 3.63) is 65.5 Å². The van der Waals surface area contributed by atoms with Crippen molar-refractivity contribution in [1.82, 2.24) is 0 Å². The van der Waals surface area contributed by atoms with Gasteiger partial charge < -0.3 is 0 Å². The van der Waals surface area contributed by atoms with Crippen molar-refractivity contribution >= 4 is 18.0 Å². The van der Waals surface area contributed by atoms with Crippen molar-refractivity contribution in [3.8, 4) is 0 Å². The standard InChI is InChI=1S/C13H26P.C9H7.Ti/c1-7-14(8-2,9-3)11-13(6)10-12(4)5;1-2-5-9-7-3-6-8(9)4-1;/h10-11H,7-9H2,1-6H3;1-7H;/q+1;-1;. The van der Waals surface area contributed by atoms with Crippen molar-refractivity contribution in [1.29, 1.82) is 0 Å². The molecular formula is C22H33PTi. The van der Waals surface area contributed by atoms with Crippen molar-refractivity contribution in [3.63, 3.8) is 0 Å². The van der Waals surface area contributed by atoms with Gasteiger partial charge in [0, 0.05) is 29.0 Å². The van der Waals surface area contributed by atoms with Crippen LogP contribution in [0.5, 0.6) is 0 Å². The zero-order chi connectivity index (χ0) is 17.3. The third kappa shape index (κ3) is 7.56. The smallest absolute Gasteiger partial charge is 0.0616 e. The predicted octanol–water partition coefficient (Wildman–Crippen LogP) is 7.49. The first-order chi connectivity index (χ1) is 11.0. The van der Waals surface area contributed by atoms with Gasteiger partial charge in [0.15, 0.2) is 0 Å². The first kappa shape index (κ1) is 23.5. The van der Waals surface area contributed by atoms with Crippen LogP contribution in [-0.4, -0.2) is 18.5 Å². The van der Waals surface area contributed by atoms with Gasteiger partial charge in [0.25, 0.3) is 0 Å². The Morgan fingerprint density at radius 3 is 2.04 bits per heavy atom. The van der Waals surface area contributed by atoms with E-state index in [1.165, 1.54) is 40.4 Å². The van der Waals surface area contributed by atoms with E-state index >= 15 is 0 Å². The van der Waals surface area contributed by atoms with E-state index in [0.29, 0.717) is 0 Å². The number of rotatable bonds is 5. The number of hydrogen-bond acceptors (Lipinski definition) is 0. The molecule has 0 unspecified atom stereocenters. The van der Waals surface area contributed by atoms with Gasteiger partial charge in [-0.2, -0.15) is 17.5 Å². The molecule has 130 valence electrons. The molecule has 0 amide bonds. The number of hydrogen-bond donors (Lipinski definition) is 0.